The van der Waals surface area contributed by atoms with Crippen molar-refractivity contribution in [3.05, 3.63) is 17.5 Å². The molecule has 0 aliphatic carbocycles. The molecule has 18 heavy (non-hydrogen) atoms. The standard InChI is InChI=1S/C13H22N4O/c1-3-10-8-11(17(2)16-10)6-9-4-5-15-12(7-9)13(14)18/h8-9,12,15H,3-7H2,1-2H3,(H2,14,18). The Morgan fingerprint density at radius 3 is 3.06 bits per heavy atom. The SMILES string of the molecule is CCc1cc(CC2CCNC(C(N)=O)C2)n(C)n1. The molecule has 2 rings (SSSR count). The first-order valence-corrected chi connectivity index (χ1v) is 6.64. The van der Waals surface area contributed by atoms with Gasteiger partial charge in [0, 0.05) is 12.7 Å². The zero-order chi connectivity index (χ0) is 13.1. The van der Waals surface area contributed by atoms with Crippen LogP contribution in [-0.2, 0) is 24.7 Å². The van der Waals surface area contributed by atoms with Gasteiger partial charge in [0.15, 0.2) is 0 Å². The summed E-state index contributed by atoms with van der Waals surface area (Å²) >= 11 is 0. The average molecular weight is 250 g/mol. The summed E-state index contributed by atoms with van der Waals surface area (Å²) in [6.45, 7) is 2.98. The second kappa shape index (κ2) is 5.52. The Balaban J connectivity index is 2.00. The van der Waals surface area contributed by atoms with Crippen LogP contribution < -0.4 is 11.1 Å². The molecule has 2 heterocycles. The summed E-state index contributed by atoms with van der Waals surface area (Å²) in [6.07, 6.45) is 3.87. The Hall–Kier alpha value is -1.36. The summed E-state index contributed by atoms with van der Waals surface area (Å²) in [7, 11) is 1.99. The Morgan fingerprint density at radius 2 is 2.44 bits per heavy atom. The van der Waals surface area contributed by atoms with E-state index in [0.29, 0.717) is 5.92 Å². The Labute approximate surface area is 108 Å². The molecule has 0 bridgehead atoms. The molecule has 1 aliphatic heterocycles. The first kappa shape index (κ1) is 13.1. The lowest BCUT2D eigenvalue weighted by Gasteiger charge is -2.28. The number of carbonyl (C=O) groups is 1. The molecule has 3 N–H and O–H groups in total. The molecule has 1 fully saturated rings. The summed E-state index contributed by atoms with van der Waals surface area (Å²) in [5.74, 6) is 0.280. The predicted molar refractivity (Wildman–Crippen MR) is 70.0 cm³/mol. The van der Waals surface area contributed by atoms with Gasteiger partial charge in [-0.25, -0.2) is 0 Å². The van der Waals surface area contributed by atoms with Gasteiger partial charge in [-0.2, -0.15) is 5.10 Å². The van der Waals surface area contributed by atoms with Gasteiger partial charge in [0.25, 0.3) is 0 Å². The van der Waals surface area contributed by atoms with Crippen molar-refractivity contribution >= 4 is 5.91 Å². The maximum Gasteiger partial charge on any atom is 0.234 e. The van der Waals surface area contributed by atoms with E-state index in [2.05, 4.69) is 23.4 Å². The maximum atomic E-state index is 11.2. The third-order valence-electron chi connectivity index (χ3n) is 3.74. The van der Waals surface area contributed by atoms with Gasteiger partial charge in [-0.1, -0.05) is 6.92 Å². The third-order valence-corrected chi connectivity index (χ3v) is 3.74. The number of hydrogen-bond acceptors (Lipinski definition) is 3. The number of nitrogens with one attached hydrogen (secondary N) is 1. The zero-order valence-electron chi connectivity index (χ0n) is 11.1. The summed E-state index contributed by atoms with van der Waals surface area (Å²) in [5.41, 5.74) is 7.74. The predicted octanol–water partition coefficient (Wildman–Crippen LogP) is 0.379. The van der Waals surface area contributed by atoms with Crippen molar-refractivity contribution in [2.24, 2.45) is 18.7 Å². The van der Waals surface area contributed by atoms with Crippen LogP contribution in [0.5, 0.6) is 0 Å². The van der Waals surface area contributed by atoms with Crippen LogP contribution >= 0.6 is 0 Å². The normalized spacial score (nSPS) is 24.1. The first-order chi connectivity index (χ1) is 8.60. The highest BCUT2D eigenvalue weighted by atomic mass is 16.1. The molecule has 1 aliphatic rings. The van der Waals surface area contributed by atoms with E-state index in [9.17, 15) is 4.79 Å². The fraction of sp³-hybridized carbons (Fsp3) is 0.692. The molecule has 5 nitrogen and oxygen atoms in total. The van der Waals surface area contributed by atoms with Crippen molar-refractivity contribution in [1.29, 1.82) is 0 Å². The Morgan fingerprint density at radius 1 is 1.67 bits per heavy atom. The molecule has 0 aromatic carbocycles. The van der Waals surface area contributed by atoms with E-state index in [-0.39, 0.29) is 11.9 Å². The molecule has 100 valence electrons. The molecule has 1 aromatic rings. The van der Waals surface area contributed by atoms with Crippen LogP contribution in [0.1, 0.15) is 31.2 Å². The van der Waals surface area contributed by atoms with E-state index in [1.54, 1.807) is 0 Å². The molecule has 1 aromatic heterocycles. The van der Waals surface area contributed by atoms with Crippen molar-refractivity contribution in [3.63, 3.8) is 0 Å². The number of aromatic nitrogens is 2. The highest BCUT2D eigenvalue weighted by Gasteiger charge is 2.25. The topological polar surface area (TPSA) is 72.9 Å². The number of aryl methyl sites for hydroxylation is 2. The highest BCUT2D eigenvalue weighted by Crippen LogP contribution is 2.21. The lowest BCUT2D eigenvalue weighted by molar-refractivity contribution is -0.120. The van der Waals surface area contributed by atoms with E-state index in [1.807, 2.05) is 11.7 Å². The van der Waals surface area contributed by atoms with Crippen LogP contribution in [0.25, 0.3) is 0 Å². The highest BCUT2D eigenvalue weighted by molar-refractivity contribution is 5.79. The minimum absolute atomic E-state index is 0.164. The number of rotatable bonds is 4. The number of nitrogens with two attached hydrogens (primary N) is 1. The maximum absolute atomic E-state index is 11.2. The van der Waals surface area contributed by atoms with Crippen molar-refractivity contribution < 1.29 is 4.79 Å². The van der Waals surface area contributed by atoms with Crippen LogP contribution in [-0.4, -0.2) is 28.3 Å². The fourth-order valence-electron chi connectivity index (χ4n) is 2.63. The summed E-state index contributed by atoms with van der Waals surface area (Å²) in [6, 6.07) is 2.00. The van der Waals surface area contributed by atoms with Gasteiger partial charge in [0.2, 0.25) is 5.91 Å². The monoisotopic (exact) mass is 250 g/mol. The van der Waals surface area contributed by atoms with Crippen LogP contribution in [0.3, 0.4) is 0 Å². The molecule has 0 saturated carbocycles. The van der Waals surface area contributed by atoms with Gasteiger partial charge in [-0.15, -0.1) is 0 Å². The van der Waals surface area contributed by atoms with E-state index in [0.717, 1.165) is 37.9 Å². The van der Waals surface area contributed by atoms with Gasteiger partial charge in [-0.3, -0.25) is 9.48 Å². The summed E-state index contributed by atoms with van der Waals surface area (Å²) in [4.78, 5) is 11.2. The lowest BCUT2D eigenvalue weighted by Crippen LogP contribution is -2.47. The van der Waals surface area contributed by atoms with Crippen LogP contribution in [0.15, 0.2) is 6.07 Å². The van der Waals surface area contributed by atoms with E-state index >= 15 is 0 Å². The van der Waals surface area contributed by atoms with Crippen LogP contribution in [0.4, 0.5) is 0 Å². The molecule has 2 atom stereocenters. The van der Waals surface area contributed by atoms with Crippen molar-refractivity contribution in [2.45, 2.75) is 38.6 Å². The average Bonchev–Trinajstić information content (AvgIpc) is 2.70. The second-order valence-corrected chi connectivity index (χ2v) is 5.11. The van der Waals surface area contributed by atoms with Gasteiger partial charge in [-0.05, 0) is 44.2 Å². The van der Waals surface area contributed by atoms with Crippen molar-refractivity contribution in [3.8, 4) is 0 Å². The van der Waals surface area contributed by atoms with Gasteiger partial charge >= 0.3 is 0 Å². The fourth-order valence-corrected chi connectivity index (χ4v) is 2.63. The smallest absolute Gasteiger partial charge is 0.234 e. The van der Waals surface area contributed by atoms with Crippen LogP contribution in [0, 0.1) is 5.92 Å². The van der Waals surface area contributed by atoms with Crippen LogP contribution in [0.2, 0.25) is 0 Å². The zero-order valence-corrected chi connectivity index (χ0v) is 11.1. The van der Waals surface area contributed by atoms with Crippen molar-refractivity contribution in [1.82, 2.24) is 15.1 Å². The quantitative estimate of drug-likeness (QED) is 0.811. The number of hydrogen-bond donors (Lipinski definition) is 2. The number of nitrogens with zero attached hydrogens (tertiary/aromatic N) is 2. The molecular weight excluding hydrogens is 228 g/mol. The molecule has 0 radical (unpaired) electrons. The molecule has 1 amide bonds. The van der Waals surface area contributed by atoms with Gasteiger partial charge in [0.05, 0.1) is 11.7 Å². The number of piperidine rings is 1. The summed E-state index contributed by atoms with van der Waals surface area (Å²) < 4.78 is 1.96. The van der Waals surface area contributed by atoms with Crippen molar-refractivity contribution in [2.75, 3.05) is 6.54 Å². The second-order valence-electron chi connectivity index (χ2n) is 5.11. The van der Waals surface area contributed by atoms with Gasteiger partial charge < -0.3 is 11.1 Å². The number of primary amides is 1. The van der Waals surface area contributed by atoms with Gasteiger partial charge in [0.1, 0.15) is 0 Å². The summed E-state index contributed by atoms with van der Waals surface area (Å²) in [5, 5.41) is 7.63. The van der Waals surface area contributed by atoms with E-state index in [1.165, 1.54) is 5.69 Å². The molecule has 0 spiro atoms. The number of carbonyl (C=O) groups excluding carboxylic acids is 1. The largest absolute Gasteiger partial charge is 0.368 e. The van der Waals surface area contributed by atoms with E-state index in [4.69, 9.17) is 5.73 Å². The third kappa shape index (κ3) is 2.90. The minimum Gasteiger partial charge on any atom is -0.368 e. The molecule has 5 heteroatoms. The Kier molecular flexibility index (Phi) is 4.01. The lowest BCUT2D eigenvalue weighted by atomic mass is 9.88. The minimum atomic E-state index is -0.237. The first-order valence-electron chi connectivity index (χ1n) is 6.64. The van der Waals surface area contributed by atoms with E-state index < -0.39 is 0 Å². The molecular formula is C13H22N4O. The Bertz CT molecular complexity index is 427. The molecule has 1 saturated heterocycles. The molecule has 2 unspecified atom stereocenters. The number of amides is 1.